The fourth-order valence-corrected chi connectivity index (χ4v) is 3.67. The lowest BCUT2D eigenvalue weighted by atomic mass is 9.82. The highest BCUT2D eigenvalue weighted by Gasteiger charge is 2.36. The summed E-state index contributed by atoms with van der Waals surface area (Å²) in [5.41, 5.74) is 3.21. The lowest BCUT2D eigenvalue weighted by molar-refractivity contribution is 0.202. The molecule has 1 aliphatic rings. The Balaban J connectivity index is 2.04. The molecule has 100 valence electrons. The lowest BCUT2D eigenvalue weighted by Crippen LogP contribution is -2.17. The third-order valence-electron chi connectivity index (χ3n) is 4.22. The van der Waals surface area contributed by atoms with Crippen molar-refractivity contribution in [2.45, 2.75) is 43.9 Å². The summed E-state index contributed by atoms with van der Waals surface area (Å²) in [7, 11) is 1.75. The van der Waals surface area contributed by atoms with Crippen LogP contribution in [0, 0.1) is 5.41 Å². The zero-order valence-corrected chi connectivity index (χ0v) is 13.0. The van der Waals surface area contributed by atoms with E-state index in [9.17, 15) is 0 Å². The van der Waals surface area contributed by atoms with Crippen LogP contribution in [0.15, 0.2) is 24.3 Å². The van der Waals surface area contributed by atoms with Gasteiger partial charge in [0, 0.05) is 11.9 Å². The van der Waals surface area contributed by atoms with E-state index in [1.807, 2.05) is 0 Å². The first-order valence-electron chi connectivity index (χ1n) is 6.87. The predicted octanol–water partition coefficient (Wildman–Crippen LogP) is 4.89. The molecule has 18 heavy (non-hydrogen) atoms. The van der Waals surface area contributed by atoms with Gasteiger partial charge in [0.15, 0.2) is 0 Å². The van der Waals surface area contributed by atoms with Crippen molar-refractivity contribution in [1.29, 1.82) is 0 Å². The molecular formula is C16H23BrO. The molecule has 1 aliphatic carbocycles. The van der Waals surface area contributed by atoms with Crippen molar-refractivity contribution in [3.8, 4) is 0 Å². The summed E-state index contributed by atoms with van der Waals surface area (Å²) < 4.78 is 5.11. The van der Waals surface area contributed by atoms with Crippen LogP contribution < -0.4 is 0 Å². The van der Waals surface area contributed by atoms with Gasteiger partial charge in [0.25, 0.3) is 0 Å². The monoisotopic (exact) mass is 310 g/mol. The fourth-order valence-electron chi connectivity index (χ4n) is 2.91. The predicted molar refractivity (Wildman–Crippen MR) is 80.3 cm³/mol. The molecule has 0 bridgehead atoms. The van der Waals surface area contributed by atoms with E-state index in [0.717, 1.165) is 13.0 Å². The van der Waals surface area contributed by atoms with E-state index in [0.29, 0.717) is 10.2 Å². The highest BCUT2D eigenvalue weighted by Crippen LogP contribution is 2.51. The van der Waals surface area contributed by atoms with Gasteiger partial charge in [-0.25, -0.2) is 0 Å². The summed E-state index contributed by atoms with van der Waals surface area (Å²) in [6, 6.07) is 9.02. The normalized spacial score (nSPS) is 19.9. The van der Waals surface area contributed by atoms with Gasteiger partial charge in [-0.15, -0.1) is 0 Å². The average molecular weight is 311 g/mol. The van der Waals surface area contributed by atoms with Gasteiger partial charge in [0.05, 0.1) is 6.61 Å². The van der Waals surface area contributed by atoms with Crippen LogP contribution in [0.1, 0.15) is 48.6 Å². The number of ether oxygens (including phenoxy) is 1. The van der Waals surface area contributed by atoms with E-state index in [2.05, 4.69) is 47.1 Å². The highest BCUT2D eigenvalue weighted by atomic mass is 79.9. The maximum Gasteiger partial charge on any atom is 0.0502 e. The van der Waals surface area contributed by atoms with Crippen molar-refractivity contribution in [3.05, 3.63) is 35.4 Å². The minimum Gasteiger partial charge on any atom is -0.384 e. The maximum atomic E-state index is 5.11. The van der Waals surface area contributed by atoms with Crippen LogP contribution in [0.3, 0.4) is 0 Å². The molecule has 0 heterocycles. The molecule has 0 saturated heterocycles. The quantitative estimate of drug-likeness (QED) is 0.703. The zero-order chi connectivity index (χ0) is 13.0. The van der Waals surface area contributed by atoms with Crippen molar-refractivity contribution in [2.75, 3.05) is 13.7 Å². The summed E-state index contributed by atoms with van der Waals surface area (Å²) in [4.78, 5) is 0.490. The van der Waals surface area contributed by atoms with Gasteiger partial charge in [-0.3, -0.25) is 0 Å². The third kappa shape index (κ3) is 3.16. The SMILES string of the molecule is COCCc1ccc(C(Br)C2(C)CCCC2)cc1. The Morgan fingerprint density at radius 1 is 1.22 bits per heavy atom. The van der Waals surface area contributed by atoms with E-state index in [4.69, 9.17) is 4.74 Å². The Hall–Kier alpha value is -0.340. The van der Waals surface area contributed by atoms with Crippen LogP contribution in [0.25, 0.3) is 0 Å². The standard InChI is InChI=1S/C16H23BrO/c1-16(10-3-4-11-16)15(17)14-7-5-13(6-8-14)9-12-18-2/h5-8,15H,3-4,9-12H2,1-2H3. The number of hydrogen-bond donors (Lipinski definition) is 0. The molecule has 2 heteroatoms. The van der Waals surface area contributed by atoms with Crippen molar-refractivity contribution >= 4 is 15.9 Å². The molecule has 1 saturated carbocycles. The first-order chi connectivity index (χ1) is 8.65. The molecule has 0 aliphatic heterocycles. The summed E-state index contributed by atoms with van der Waals surface area (Å²) in [6.07, 6.45) is 6.44. The number of rotatable bonds is 5. The van der Waals surface area contributed by atoms with E-state index in [1.165, 1.54) is 36.8 Å². The molecule has 1 aromatic carbocycles. The number of methoxy groups -OCH3 is 1. The molecule has 0 N–H and O–H groups in total. The molecule has 0 amide bonds. The van der Waals surface area contributed by atoms with Crippen LogP contribution in [-0.2, 0) is 11.2 Å². The van der Waals surface area contributed by atoms with Crippen molar-refractivity contribution in [1.82, 2.24) is 0 Å². The Morgan fingerprint density at radius 3 is 2.39 bits per heavy atom. The summed E-state index contributed by atoms with van der Waals surface area (Å²) in [6.45, 7) is 3.22. The van der Waals surface area contributed by atoms with Crippen molar-refractivity contribution in [3.63, 3.8) is 0 Å². The van der Waals surface area contributed by atoms with E-state index in [1.54, 1.807) is 7.11 Å². The third-order valence-corrected chi connectivity index (χ3v) is 5.86. The number of halogens is 1. The topological polar surface area (TPSA) is 9.23 Å². The molecule has 1 nitrogen and oxygen atoms in total. The van der Waals surface area contributed by atoms with Crippen molar-refractivity contribution < 1.29 is 4.74 Å². The largest absolute Gasteiger partial charge is 0.384 e. The fraction of sp³-hybridized carbons (Fsp3) is 0.625. The highest BCUT2D eigenvalue weighted by molar-refractivity contribution is 9.09. The molecule has 2 rings (SSSR count). The number of benzene rings is 1. The van der Waals surface area contributed by atoms with Crippen molar-refractivity contribution in [2.24, 2.45) is 5.41 Å². The van der Waals surface area contributed by atoms with Gasteiger partial charge >= 0.3 is 0 Å². The minimum atomic E-state index is 0.439. The minimum absolute atomic E-state index is 0.439. The van der Waals surface area contributed by atoms with Crippen LogP contribution in [0.4, 0.5) is 0 Å². The van der Waals surface area contributed by atoms with Crippen LogP contribution in [-0.4, -0.2) is 13.7 Å². The van der Waals surface area contributed by atoms with Gasteiger partial charge in [0.1, 0.15) is 0 Å². The van der Waals surface area contributed by atoms with Gasteiger partial charge < -0.3 is 4.74 Å². The van der Waals surface area contributed by atoms with Gasteiger partial charge in [0.2, 0.25) is 0 Å². The Morgan fingerprint density at radius 2 is 1.83 bits per heavy atom. The van der Waals surface area contributed by atoms with E-state index >= 15 is 0 Å². The average Bonchev–Trinajstić information content (AvgIpc) is 2.84. The maximum absolute atomic E-state index is 5.11. The second kappa shape index (κ2) is 6.21. The van der Waals surface area contributed by atoms with E-state index in [-0.39, 0.29) is 0 Å². The van der Waals surface area contributed by atoms with Gasteiger partial charge in [-0.1, -0.05) is 60.0 Å². The second-order valence-electron chi connectivity index (χ2n) is 5.71. The molecule has 1 fully saturated rings. The number of hydrogen-bond acceptors (Lipinski definition) is 1. The van der Waals surface area contributed by atoms with Crippen LogP contribution in [0.5, 0.6) is 0 Å². The molecule has 0 aromatic heterocycles. The number of alkyl halides is 1. The molecule has 1 aromatic rings. The molecular weight excluding hydrogens is 288 g/mol. The summed E-state index contributed by atoms with van der Waals surface area (Å²) in [5, 5.41) is 0. The Labute approximate surface area is 119 Å². The molecule has 0 spiro atoms. The molecule has 0 radical (unpaired) electrons. The van der Waals surface area contributed by atoms with Gasteiger partial charge in [-0.05, 0) is 35.8 Å². The summed E-state index contributed by atoms with van der Waals surface area (Å²) in [5.74, 6) is 0. The van der Waals surface area contributed by atoms with Crippen LogP contribution >= 0.6 is 15.9 Å². The van der Waals surface area contributed by atoms with Gasteiger partial charge in [-0.2, -0.15) is 0 Å². The smallest absolute Gasteiger partial charge is 0.0502 e. The van der Waals surface area contributed by atoms with Crippen LogP contribution in [0.2, 0.25) is 0 Å². The molecule has 1 unspecified atom stereocenters. The summed E-state index contributed by atoms with van der Waals surface area (Å²) >= 11 is 3.92. The van der Waals surface area contributed by atoms with E-state index < -0.39 is 0 Å². The first-order valence-corrected chi connectivity index (χ1v) is 7.79. The molecule has 1 atom stereocenters. The lowest BCUT2D eigenvalue weighted by Gasteiger charge is -2.30. The zero-order valence-electron chi connectivity index (χ0n) is 11.4. The Kier molecular flexibility index (Phi) is 4.85. The second-order valence-corrected chi connectivity index (χ2v) is 6.62. The first kappa shape index (κ1) is 14.1. The Bertz CT molecular complexity index is 365.